The molecule has 0 bridgehead atoms. The van der Waals surface area contributed by atoms with Crippen LogP contribution in [0.2, 0.25) is 0 Å². The van der Waals surface area contributed by atoms with Crippen LogP contribution in [0, 0.1) is 5.92 Å². The van der Waals surface area contributed by atoms with Crippen molar-refractivity contribution < 1.29 is 0 Å². The molecule has 0 aromatic carbocycles. The maximum absolute atomic E-state index is 4.08. The first-order valence-electron chi connectivity index (χ1n) is 4.58. The van der Waals surface area contributed by atoms with E-state index in [2.05, 4.69) is 25.8 Å². The molecular formula is C11H16N2. The lowest BCUT2D eigenvalue weighted by Crippen LogP contribution is -1.77. The number of aromatic nitrogens is 2. The lowest BCUT2D eigenvalue weighted by Gasteiger charge is -1.86. The van der Waals surface area contributed by atoms with Crippen LogP contribution in [-0.2, 0) is 0 Å². The van der Waals surface area contributed by atoms with Gasteiger partial charge in [0.15, 0.2) is 0 Å². The monoisotopic (exact) mass is 176 g/mol. The SMILES string of the molecule is CC(C)C.c1ccn2ccnc2c1. The van der Waals surface area contributed by atoms with Gasteiger partial charge in [-0.15, -0.1) is 0 Å². The van der Waals surface area contributed by atoms with Crippen molar-refractivity contribution in [3.05, 3.63) is 36.8 Å². The minimum Gasteiger partial charge on any atom is -0.307 e. The molecule has 0 spiro atoms. The Morgan fingerprint density at radius 2 is 1.85 bits per heavy atom. The number of nitrogens with zero attached hydrogens (tertiary/aromatic N) is 2. The number of fused-ring (bicyclic) bond motifs is 1. The Labute approximate surface area is 79.2 Å². The summed E-state index contributed by atoms with van der Waals surface area (Å²) in [6.45, 7) is 6.50. The Balaban J connectivity index is 0.000000184. The van der Waals surface area contributed by atoms with Crippen LogP contribution in [0.3, 0.4) is 0 Å². The largest absolute Gasteiger partial charge is 0.307 e. The molecule has 0 radical (unpaired) electrons. The highest BCUT2D eigenvalue weighted by Gasteiger charge is 1.85. The van der Waals surface area contributed by atoms with Crippen LogP contribution in [-0.4, -0.2) is 9.38 Å². The average molecular weight is 176 g/mol. The van der Waals surface area contributed by atoms with E-state index in [-0.39, 0.29) is 0 Å². The third-order valence-corrected chi connectivity index (χ3v) is 1.30. The van der Waals surface area contributed by atoms with Gasteiger partial charge < -0.3 is 4.40 Å². The van der Waals surface area contributed by atoms with Crippen LogP contribution in [0.5, 0.6) is 0 Å². The molecule has 13 heavy (non-hydrogen) atoms. The van der Waals surface area contributed by atoms with Gasteiger partial charge in [0, 0.05) is 18.6 Å². The fraction of sp³-hybridized carbons (Fsp3) is 0.364. The average Bonchev–Trinajstić information content (AvgIpc) is 2.49. The lowest BCUT2D eigenvalue weighted by atomic mass is 10.3. The lowest BCUT2D eigenvalue weighted by molar-refractivity contribution is 0.737. The summed E-state index contributed by atoms with van der Waals surface area (Å²) in [5.41, 5.74) is 0.998. The molecule has 0 aliphatic carbocycles. The van der Waals surface area contributed by atoms with E-state index < -0.39 is 0 Å². The zero-order chi connectivity index (χ0) is 9.68. The molecule has 0 atom stereocenters. The van der Waals surface area contributed by atoms with Gasteiger partial charge in [-0.3, -0.25) is 0 Å². The topological polar surface area (TPSA) is 17.3 Å². The van der Waals surface area contributed by atoms with E-state index in [0.29, 0.717) is 0 Å². The second kappa shape index (κ2) is 4.65. The summed E-state index contributed by atoms with van der Waals surface area (Å²) in [5, 5.41) is 0. The number of rotatable bonds is 0. The quantitative estimate of drug-likeness (QED) is 0.603. The molecule has 2 rings (SSSR count). The molecule has 0 aliphatic rings. The summed E-state index contributed by atoms with van der Waals surface area (Å²) in [6, 6.07) is 5.93. The molecule has 0 fully saturated rings. The van der Waals surface area contributed by atoms with Crippen molar-refractivity contribution in [2.24, 2.45) is 5.92 Å². The van der Waals surface area contributed by atoms with Crippen LogP contribution in [0.15, 0.2) is 36.8 Å². The Morgan fingerprint density at radius 1 is 1.15 bits per heavy atom. The van der Waals surface area contributed by atoms with Crippen molar-refractivity contribution >= 4 is 5.65 Å². The van der Waals surface area contributed by atoms with Crippen LogP contribution in [0.4, 0.5) is 0 Å². The smallest absolute Gasteiger partial charge is 0.136 e. The van der Waals surface area contributed by atoms with Crippen LogP contribution < -0.4 is 0 Å². The van der Waals surface area contributed by atoms with E-state index >= 15 is 0 Å². The summed E-state index contributed by atoms with van der Waals surface area (Å²) in [5.74, 6) is 0.833. The molecule has 0 unspecified atom stereocenters. The maximum atomic E-state index is 4.08. The highest BCUT2D eigenvalue weighted by molar-refractivity contribution is 5.36. The summed E-state index contributed by atoms with van der Waals surface area (Å²) in [7, 11) is 0. The molecule has 0 amide bonds. The molecule has 2 heterocycles. The maximum Gasteiger partial charge on any atom is 0.136 e. The van der Waals surface area contributed by atoms with Gasteiger partial charge in [-0.1, -0.05) is 26.8 Å². The first-order valence-corrected chi connectivity index (χ1v) is 4.58. The van der Waals surface area contributed by atoms with E-state index in [1.54, 1.807) is 6.20 Å². The summed E-state index contributed by atoms with van der Waals surface area (Å²) in [4.78, 5) is 4.08. The number of hydrogen-bond donors (Lipinski definition) is 0. The Morgan fingerprint density at radius 3 is 2.46 bits per heavy atom. The van der Waals surface area contributed by atoms with Crippen LogP contribution >= 0.6 is 0 Å². The van der Waals surface area contributed by atoms with Gasteiger partial charge >= 0.3 is 0 Å². The summed E-state index contributed by atoms with van der Waals surface area (Å²) in [6.07, 6.45) is 5.69. The van der Waals surface area contributed by atoms with Crippen molar-refractivity contribution in [2.45, 2.75) is 20.8 Å². The predicted octanol–water partition coefficient (Wildman–Crippen LogP) is 3.00. The molecule has 2 nitrogen and oxygen atoms in total. The Kier molecular flexibility index (Phi) is 3.50. The zero-order valence-corrected chi connectivity index (χ0v) is 8.44. The second-order valence-electron chi connectivity index (χ2n) is 3.63. The molecule has 2 aromatic rings. The van der Waals surface area contributed by atoms with Gasteiger partial charge in [0.2, 0.25) is 0 Å². The minimum atomic E-state index is 0.833. The van der Waals surface area contributed by atoms with Gasteiger partial charge in [0.1, 0.15) is 5.65 Å². The number of imidazole rings is 1. The van der Waals surface area contributed by atoms with Crippen LogP contribution in [0.25, 0.3) is 5.65 Å². The van der Waals surface area contributed by atoms with Crippen molar-refractivity contribution in [1.82, 2.24) is 9.38 Å². The predicted molar refractivity (Wildman–Crippen MR) is 55.7 cm³/mol. The van der Waals surface area contributed by atoms with Crippen molar-refractivity contribution in [3.63, 3.8) is 0 Å². The first-order chi connectivity index (χ1) is 6.20. The minimum absolute atomic E-state index is 0.833. The van der Waals surface area contributed by atoms with Crippen molar-refractivity contribution in [3.8, 4) is 0 Å². The highest BCUT2D eigenvalue weighted by Crippen LogP contribution is 1.96. The fourth-order valence-corrected chi connectivity index (χ4v) is 0.864. The number of hydrogen-bond acceptors (Lipinski definition) is 1. The second-order valence-corrected chi connectivity index (χ2v) is 3.63. The first kappa shape index (κ1) is 9.78. The van der Waals surface area contributed by atoms with E-state index in [1.165, 1.54) is 0 Å². The summed E-state index contributed by atoms with van der Waals surface area (Å²) >= 11 is 0. The molecule has 0 N–H and O–H groups in total. The molecule has 2 heteroatoms. The molecule has 0 aliphatic heterocycles. The third-order valence-electron chi connectivity index (χ3n) is 1.30. The van der Waals surface area contributed by atoms with Crippen LogP contribution in [0.1, 0.15) is 20.8 Å². The fourth-order valence-electron chi connectivity index (χ4n) is 0.864. The van der Waals surface area contributed by atoms with E-state index in [0.717, 1.165) is 11.6 Å². The Hall–Kier alpha value is -1.31. The standard InChI is InChI=1S/C7H6N2.C4H10/c1-2-5-9-6-4-8-7(9)3-1;1-4(2)3/h1-6H;4H,1-3H3. The molecule has 2 aromatic heterocycles. The van der Waals surface area contributed by atoms with Gasteiger partial charge in [-0.25, -0.2) is 4.98 Å². The van der Waals surface area contributed by atoms with E-state index in [1.807, 2.05) is 35.0 Å². The van der Waals surface area contributed by atoms with E-state index in [4.69, 9.17) is 0 Å². The normalized spacial score (nSPS) is 9.85. The van der Waals surface area contributed by atoms with Gasteiger partial charge in [-0.2, -0.15) is 0 Å². The van der Waals surface area contributed by atoms with Gasteiger partial charge in [0.25, 0.3) is 0 Å². The summed E-state index contributed by atoms with van der Waals surface area (Å²) < 4.78 is 1.97. The molecule has 0 saturated carbocycles. The Bertz CT molecular complexity index is 317. The number of pyridine rings is 1. The molecule has 70 valence electrons. The molecule has 0 saturated heterocycles. The van der Waals surface area contributed by atoms with Gasteiger partial charge in [-0.05, 0) is 18.1 Å². The van der Waals surface area contributed by atoms with E-state index in [9.17, 15) is 0 Å². The molecular weight excluding hydrogens is 160 g/mol. The van der Waals surface area contributed by atoms with Crippen molar-refractivity contribution in [2.75, 3.05) is 0 Å². The third kappa shape index (κ3) is 3.28. The van der Waals surface area contributed by atoms with Crippen molar-refractivity contribution in [1.29, 1.82) is 0 Å². The van der Waals surface area contributed by atoms with Gasteiger partial charge in [0.05, 0.1) is 0 Å². The zero-order valence-electron chi connectivity index (χ0n) is 8.44. The highest BCUT2D eigenvalue weighted by atomic mass is 15.0.